The SMILES string of the molecule is NC(=O)CBr.NC(=O)COc1cccc(CN(CC(O)C(Cc2ccccc2)NC(=O)OC2COC3OCCC23)OC2CCCC2)c1.O=C(NC(Cc1ccccc1)C(O)CN(Cc1cccc(O)c1)OC1CCCC1)OC1COC2OCCC12. The molecular weight excluding hydrogens is 1160 g/mol. The largest absolute Gasteiger partial charge is 0.508 e. The number of aliphatic hydroxyl groups excluding tert-OH is 2. The van der Waals surface area contributed by atoms with E-state index in [-0.39, 0.29) is 79.4 Å². The van der Waals surface area contributed by atoms with Crippen LogP contribution in [0.15, 0.2) is 109 Å². The maximum absolute atomic E-state index is 13.1. The molecule has 10 rings (SSSR count). The van der Waals surface area contributed by atoms with Crippen molar-refractivity contribution in [2.24, 2.45) is 23.3 Å². The number of carbonyl (C=O) groups excluding carboxylic acids is 4. The third-order valence-corrected chi connectivity index (χ3v) is 16.2. The number of hydrogen-bond donors (Lipinski definition) is 7. The number of primary amides is 2. The van der Waals surface area contributed by atoms with Crippen molar-refractivity contribution < 1.29 is 77.3 Å². The number of aromatic hydroxyl groups is 1. The van der Waals surface area contributed by atoms with Gasteiger partial charge in [-0.25, -0.2) is 9.59 Å². The summed E-state index contributed by atoms with van der Waals surface area (Å²) in [6, 6.07) is 32.5. The Morgan fingerprint density at radius 3 is 1.45 bits per heavy atom. The van der Waals surface area contributed by atoms with Crippen LogP contribution >= 0.6 is 15.9 Å². The van der Waals surface area contributed by atoms with Crippen LogP contribution in [-0.2, 0) is 73.6 Å². The number of nitrogens with two attached hydrogens (primary N) is 2. The molecule has 85 heavy (non-hydrogen) atoms. The number of fused-ring (bicyclic) bond motifs is 2. The van der Waals surface area contributed by atoms with Gasteiger partial charge in [0.05, 0.1) is 93.2 Å². The van der Waals surface area contributed by atoms with Crippen molar-refractivity contribution in [3.63, 3.8) is 0 Å². The number of aliphatic hydroxyl groups is 2. The van der Waals surface area contributed by atoms with Crippen molar-refractivity contribution in [3.05, 3.63) is 131 Å². The number of halogens is 1. The molecule has 9 N–H and O–H groups in total. The lowest BCUT2D eigenvalue weighted by Crippen LogP contribution is -2.50. The fraction of sp³-hybridized carbons (Fsp3) is 0.548. The Balaban J connectivity index is 0.000000206. The second-order valence-electron chi connectivity index (χ2n) is 22.3. The van der Waals surface area contributed by atoms with Crippen molar-refractivity contribution in [2.75, 3.05) is 51.5 Å². The van der Waals surface area contributed by atoms with Crippen LogP contribution in [0, 0.1) is 11.8 Å². The summed E-state index contributed by atoms with van der Waals surface area (Å²) in [4.78, 5) is 59.4. The van der Waals surface area contributed by atoms with Gasteiger partial charge in [-0.3, -0.25) is 19.3 Å². The van der Waals surface area contributed by atoms with E-state index in [1.54, 1.807) is 34.4 Å². The van der Waals surface area contributed by atoms with Gasteiger partial charge < -0.3 is 70.6 Å². The van der Waals surface area contributed by atoms with Crippen molar-refractivity contribution in [1.29, 1.82) is 0 Å². The van der Waals surface area contributed by atoms with Gasteiger partial charge in [-0.2, -0.15) is 10.1 Å². The summed E-state index contributed by atoms with van der Waals surface area (Å²) in [5.41, 5.74) is 13.5. The van der Waals surface area contributed by atoms with Crippen LogP contribution in [0.1, 0.15) is 86.5 Å². The number of amides is 4. The van der Waals surface area contributed by atoms with Crippen LogP contribution < -0.4 is 26.8 Å². The quantitative estimate of drug-likeness (QED) is 0.0277. The Morgan fingerprint density at radius 2 is 1.01 bits per heavy atom. The average Bonchev–Trinajstić information content (AvgIpc) is 4.59. The smallest absolute Gasteiger partial charge is 0.407 e. The summed E-state index contributed by atoms with van der Waals surface area (Å²) < 4.78 is 39.2. The number of hydroxylamine groups is 4. The molecule has 464 valence electrons. The molecule has 6 fully saturated rings. The highest BCUT2D eigenvalue weighted by Crippen LogP contribution is 2.35. The first-order valence-corrected chi connectivity index (χ1v) is 30.7. The number of hydrogen-bond acceptors (Lipinski definition) is 18. The standard InChI is InChI=1S/C31H41N3O8.C29H38N2O7.C2H4BrNO/c32-29(36)20-39-24-12-6-9-22(15-24)17-34(42-23-10-4-5-11-23)18-27(35)26(16-21-7-2-1-3-8-21)33-31(37)41-28-19-40-30-25(28)13-14-38-30;32-22-10-6-9-21(15-22)17-31(38-23-11-4-5-12-23)18-26(33)25(16-20-7-2-1-3-8-20)30-29(34)37-27-19-36-28-24(27)13-14-35-28;3-1-2(4)5/h1-3,6-9,12,15,23,25-28,30,35H,4-5,10-11,13-14,16-20H2,(H2,32,36)(H,33,37);1-3,6-10,15,23-28,32-33H,4-5,11-14,16-19H2,(H,30,34);1H2,(H2,4,5). The number of phenolic OH excluding ortho intramolecular Hbond substituents is 1. The fourth-order valence-electron chi connectivity index (χ4n) is 11.4. The van der Waals surface area contributed by atoms with Gasteiger partial charge in [0, 0.05) is 13.1 Å². The lowest BCUT2D eigenvalue weighted by atomic mass is 10.0. The first-order valence-electron chi connectivity index (χ1n) is 29.5. The van der Waals surface area contributed by atoms with E-state index in [4.69, 9.17) is 48.6 Å². The molecule has 0 bridgehead atoms. The lowest BCUT2D eigenvalue weighted by Gasteiger charge is -2.31. The third-order valence-electron chi connectivity index (χ3n) is 15.6. The summed E-state index contributed by atoms with van der Waals surface area (Å²) in [7, 11) is 0. The van der Waals surface area contributed by atoms with Gasteiger partial charge >= 0.3 is 12.2 Å². The highest BCUT2D eigenvalue weighted by molar-refractivity contribution is 9.09. The molecule has 6 aliphatic rings. The van der Waals surface area contributed by atoms with Crippen LogP contribution in [-0.4, -0.2) is 162 Å². The molecule has 2 saturated carbocycles. The summed E-state index contributed by atoms with van der Waals surface area (Å²) >= 11 is 2.84. The number of rotatable bonds is 26. The molecule has 0 radical (unpaired) electrons. The zero-order valence-corrected chi connectivity index (χ0v) is 49.5. The van der Waals surface area contributed by atoms with Gasteiger partial charge in [0.1, 0.15) is 23.7 Å². The van der Waals surface area contributed by atoms with E-state index in [2.05, 4.69) is 32.3 Å². The zero-order valence-electron chi connectivity index (χ0n) is 48.0. The zero-order chi connectivity index (χ0) is 59.9. The second-order valence-corrected chi connectivity index (χ2v) is 22.9. The number of phenols is 1. The average molecular weight is 1250 g/mol. The number of nitrogens with one attached hydrogen (secondary N) is 2. The molecule has 4 amide bonds. The van der Waals surface area contributed by atoms with Gasteiger partial charge in [-0.05, 0) is 97.9 Å². The highest BCUT2D eigenvalue weighted by atomic mass is 79.9. The van der Waals surface area contributed by atoms with Crippen molar-refractivity contribution in [1.82, 2.24) is 20.8 Å². The van der Waals surface area contributed by atoms with Gasteiger partial charge in [-0.15, -0.1) is 0 Å². The number of benzene rings is 4. The number of alkyl halides is 1. The van der Waals surface area contributed by atoms with E-state index < -0.39 is 48.5 Å². The first kappa shape index (κ1) is 65.0. The van der Waals surface area contributed by atoms with E-state index in [0.29, 0.717) is 58.1 Å². The molecule has 0 aromatic heterocycles. The molecule has 4 aromatic carbocycles. The lowest BCUT2D eigenvalue weighted by molar-refractivity contribution is -0.215. The van der Waals surface area contributed by atoms with Gasteiger partial charge in [0.15, 0.2) is 19.2 Å². The molecule has 23 heteroatoms. The molecule has 4 heterocycles. The molecule has 4 saturated heterocycles. The minimum atomic E-state index is -0.976. The number of alkyl carbamates (subject to hydrolysis) is 2. The van der Waals surface area contributed by atoms with Gasteiger partial charge in [0.2, 0.25) is 5.91 Å². The van der Waals surface area contributed by atoms with E-state index in [1.165, 1.54) is 0 Å². The van der Waals surface area contributed by atoms with Crippen LogP contribution in [0.2, 0.25) is 0 Å². The Kier molecular flexibility index (Phi) is 25.9. The Morgan fingerprint density at radius 1 is 0.576 bits per heavy atom. The third kappa shape index (κ3) is 21.4. The second kappa shape index (κ2) is 33.8. The van der Waals surface area contributed by atoms with E-state index in [0.717, 1.165) is 86.5 Å². The molecule has 10 unspecified atom stereocenters. The molecule has 4 aromatic rings. The Hall–Kier alpha value is -5.96. The summed E-state index contributed by atoms with van der Waals surface area (Å²) in [6.45, 7) is 2.65. The highest BCUT2D eigenvalue weighted by Gasteiger charge is 2.45. The van der Waals surface area contributed by atoms with Crippen LogP contribution in [0.5, 0.6) is 11.5 Å². The molecule has 22 nitrogen and oxygen atoms in total. The summed E-state index contributed by atoms with van der Waals surface area (Å²) in [6.07, 6.45) is 6.33. The molecule has 10 atom stereocenters. The predicted molar refractivity (Wildman–Crippen MR) is 314 cm³/mol. The van der Waals surface area contributed by atoms with E-state index in [1.807, 2.05) is 84.9 Å². The predicted octanol–water partition coefficient (Wildman–Crippen LogP) is 6.08. The van der Waals surface area contributed by atoms with Crippen LogP contribution in [0.25, 0.3) is 0 Å². The Bertz CT molecular complexity index is 2680. The minimum absolute atomic E-state index is 0.0197. The number of carbonyl (C=O) groups is 4. The normalized spacial score (nSPS) is 23.1. The first-order chi connectivity index (χ1) is 41.2. The molecule has 4 aliphatic heterocycles. The maximum Gasteiger partial charge on any atom is 0.407 e. The van der Waals surface area contributed by atoms with Crippen molar-refractivity contribution in [3.8, 4) is 11.5 Å². The van der Waals surface area contributed by atoms with Crippen molar-refractivity contribution in [2.45, 2.75) is 151 Å². The topological polar surface area (TPSA) is 295 Å². The maximum atomic E-state index is 13.1. The Labute approximate surface area is 505 Å². The monoisotopic (exact) mass is 1250 g/mol. The van der Waals surface area contributed by atoms with Crippen molar-refractivity contribution >= 4 is 39.9 Å². The van der Waals surface area contributed by atoms with E-state index in [9.17, 15) is 34.5 Å². The summed E-state index contributed by atoms with van der Waals surface area (Å²) in [5.74, 6) is -0.125. The fourth-order valence-corrected chi connectivity index (χ4v) is 11.4. The van der Waals surface area contributed by atoms with Crippen LogP contribution in [0.3, 0.4) is 0 Å². The molecule has 2 aliphatic carbocycles. The molecular formula is C62H83BrN6O16. The number of ether oxygens (including phenoxy) is 7. The van der Waals surface area contributed by atoms with Gasteiger partial charge in [0.25, 0.3) is 5.91 Å². The van der Waals surface area contributed by atoms with E-state index >= 15 is 0 Å². The molecule has 0 spiro atoms. The minimum Gasteiger partial charge on any atom is -0.508 e. The number of nitrogens with zero attached hydrogens (tertiary/aromatic N) is 2. The summed E-state index contributed by atoms with van der Waals surface area (Å²) in [5, 5.41) is 42.5. The van der Waals surface area contributed by atoms with Gasteiger partial charge in [-0.1, -0.05) is 127 Å². The van der Waals surface area contributed by atoms with Crippen LogP contribution in [0.4, 0.5) is 9.59 Å².